The molecule has 3 heterocycles. The van der Waals surface area contributed by atoms with E-state index in [1.54, 1.807) is 20.2 Å². The van der Waals surface area contributed by atoms with Crippen LogP contribution in [0.2, 0.25) is 5.02 Å². The summed E-state index contributed by atoms with van der Waals surface area (Å²) in [6.07, 6.45) is 3.08. The highest BCUT2D eigenvalue weighted by molar-refractivity contribution is 6.35. The van der Waals surface area contributed by atoms with Crippen LogP contribution in [0.5, 0.6) is 0 Å². The van der Waals surface area contributed by atoms with Crippen LogP contribution in [-0.4, -0.2) is 42.2 Å². The summed E-state index contributed by atoms with van der Waals surface area (Å²) in [6, 6.07) is 7.58. The van der Waals surface area contributed by atoms with Crippen molar-refractivity contribution in [3.63, 3.8) is 0 Å². The summed E-state index contributed by atoms with van der Waals surface area (Å²) in [5, 5.41) is 18.3. The predicted octanol–water partition coefficient (Wildman–Crippen LogP) is 3.91. The van der Waals surface area contributed by atoms with E-state index in [1.807, 2.05) is 31.2 Å². The zero-order chi connectivity index (χ0) is 20.6. The van der Waals surface area contributed by atoms with Gasteiger partial charge in [0.15, 0.2) is 11.5 Å². The largest absolute Gasteiger partial charge is 0.389 e. The first-order chi connectivity index (χ1) is 13.8. The number of pyridine rings is 1. The van der Waals surface area contributed by atoms with E-state index < -0.39 is 5.60 Å². The summed E-state index contributed by atoms with van der Waals surface area (Å²) in [5.41, 5.74) is 2.07. The molecule has 0 radical (unpaired) electrons. The van der Waals surface area contributed by atoms with Gasteiger partial charge in [0.1, 0.15) is 17.7 Å². The second-order valence-electron chi connectivity index (χ2n) is 7.59. The van der Waals surface area contributed by atoms with E-state index in [1.165, 1.54) is 6.33 Å². The second-order valence-corrected chi connectivity index (χ2v) is 8.00. The van der Waals surface area contributed by atoms with Crippen LogP contribution in [0.15, 0.2) is 36.9 Å². The molecule has 3 aromatic heterocycles. The highest BCUT2D eigenvalue weighted by atomic mass is 35.5. The molecule has 1 atom stereocenters. The number of rotatable bonds is 6. The molecule has 0 aliphatic rings. The minimum Gasteiger partial charge on any atom is -0.389 e. The highest BCUT2D eigenvalue weighted by Gasteiger charge is 2.19. The molecule has 29 heavy (non-hydrogen) atoms. The van der Waals surface area contributed by atoms with Gasteiger partial charge in [0.2, 0.25) is 0 Å². The molecule has 0 unspecified atom stereocenters. The Kier molecular flexibility index (Phi) is 4.97. The van der Waals surface area contributed by atoms with Gasteiger partial charge >= 0.3 is 0 Å². The van der Waals surface area contributed by atoms with E-state index in [0.29, 0.717) is 39.9 Å². The fraction of sp³-hybridized carbons (Fsp3) is 0.300. The number of halogens is 1. The average Bonchev–Trinajstić information content (AvgIpc) is 3.15. The van der Waals surface area contributed by atoms with E-state index in [9.17, 15) is 5.11 Å². The van der Waals surface area contributed by atoms with E-state index in [4.69, 9.17) is 16.6 Å². The van der Waals surface area contributed by atoms with Crippen LogP contribution in [0.1, 0.15) is 32.4 Å². The molecule has 0 saturated heterocycles. The predicted molar refractivity (Wildman–Crippen MR) is 115 cm³/mol. The Balaban J connectivity index is 1.74. The van der Waals surface area contributed by atoms with Gasteiger partial charge in [-0.05, 0) is 32.9 Å². The number of fused-ring (bicyclic) bond motifs is 2. The molecule has 150 valence electrons. The lowest BCUT2D eigenvalue weighted by Gasteiger charge is -2.23. The van der Waals surface area contributed by atoms with Crippen molar-refractivity contribution in [2.24, 2.45) is 0 Å². The number of aromatic nitrogens is 5. The van der Waals surface area contributed by atoms with Gasteiger partial charge in [0.05, 0.1) is 28.5 Å². The second kappa shape index (κ2) is 7.46. The Hall–Kier alpha value is -2.97. The van der Waals surface area contributed by atoms with Gasteiger partial charge in [0, 0.05) is 17.5 Å². The van der Waals surface area contributed by atoms with Crippen LogP contribution in [0, 0.1) is 0 Å². The third-order valence-corrected chi connectivity index (χ3v) is 4.86. The Bertz CT molecular complexity index is 1170. The maximum Gasteiger partial charge on any atom is 0.162 e. The van der Waals surface area contributed by atoms with Crippen LogP contribution < -0.4 is 10.6 Å². The van der Waals surface area contributed by atoms with Crippen molar-refractivity contribution in [1.29, 1.82) is 0 Å². The van der Waals surface area contributed by atoms with Crippen LogP contribution in [0.4, 0.5) is 11.6 Å². The van der Waals surface area contributed by atoms with Crippen LogP contribution in [0.3, 0.4) is 0 Å². The molecule has 0 aliphatic heterocycles. The summed E-state index contributed by atoms with van der Waals surface area (Å²) in [4.78, 5) is 20.5. The molecule has 9 heteroatoms. The lowest BCUT2D eigenvalue weighted by molar-refractivity contribution is 0.0944. The zero-order valence-corrected chi connectivity index (χ0v) is 17.1. The first kappa shape index (κ1) is 19.4. The molecule has 0 amide bonds. The number of hydrogen-bond donors (Lipinski definition) is 4. The third-order valence-electron chi connectivity index (χ3n) is 4.55. The van der Waals surface area contributed by atoms with Gasteiger partial charge in [-0.2, -0.15) is 0 Å². The van der Waals surface area contributed by atoms with Crippen LogP contribution >= 0.6 is 11.6 Å². The molecule has 8 nitrogen and oxygen atoms in total. The maximum atomic E-state index is 10.1. The van der Waals surface area contributed by atoms with Gasteiger partial charge in [-0.3, -0.25) is 0 Å². The molecule has 4 N–H and O–H groups in total. The molecule has 0 bridgehead atoms. The minimum atomic E-state index is -0.890. The third kappa shape index (κ3) is 4.08. The van der Waals surface area contributed by atoms with E-state index >= 15 is 0 Å². The van der Waals surface area contributed by atoms with Crippen molar-refractivity contribution < 1.29 is 5.11 Å². The quantitative estimate of drug-likeness (QED) is 0.380. The number of H-pyrrole nitrogens is 1. The fourth-order valence-electron chi connectivity index (χ4n) is 3.10. The summed E-state index contributed by atoms with van der Waals surface area (Å²) in [6.45, 7) is 5.84. The molecule has 4 aromatic rings. The summed E-state index contributed by atoms with van der Waals surface area (Å²) >= 11 is 6.35. The Labute approximate surface area is 172 Å². The number of para-hydroxylation sites is 1. The number of nitrogens with zero attached hydrogens (tertiary/aromatic N) is 4. The standard InChI is InChI=1S/C20H22ClN7O/c1-11(27-19-16-18(24-9-23-16)25-10-26-19)13-7-12-5-4-6-14(21)15(12)28-17(13)22-8-20(2,3)29/h4-7,9-11,29H,8H2,1-3H3,(H,22,28)(H2,23,24,25,26,27)/t11-/m0/s1. The Morgan fingerprint density at radius 1 is 1.17 bits per heavy atom. The number of aromatic amines is 1. The fourth-order valence-corrected chi connectivity index (χ4v) is 3.33. The van der Waals surface area contributed by atoms with Crippen molar-refractivity contribution in [3.05, 3.63) is 47.5 Å². The van der Waals surface area contributed by atoms with Gasteiger partial charge in [-0.25, -0.2) is 19.9 Å². The van der Waals surface area contributed by atoms with Crippen molar-refractivity contribution in [1.82, 2.24) is 24.9 Å². The summed E-state index contributed by atoms with van der Waals surface area (Å²) in [7, 11) is 0. The van der Waals surface area contributed by atoms with Gasteiger partial charge in [-0.15, -0.1) is 0 Å². The Morgan fingerprint density at radius 3 is 2.79 bits per heavy atom. The van der Waals surface area contributed by atoms with Crippen LogP contribution in [-0.2, 0) is 0 Å². The Morgan fingerprint density at radius 2 is 2.00 bits per heavy atom. The smallest absolute Gasteiger partial charge is 0.162 e. The number of imidazole rings is 1. The molecule has 0 aliphatic carbocycles. The molecule has 0 fully saturated rings. The minimum absolute atomic E-state index is 0.148. The monoisotopic (exact) mass is 411 g/mol. The normalized spacial score (nSPS) is 13.0. The highest BCUT2D eigenvalue weighted by Crippen LogP contribution is 2.31. The lowest BCUT2D eigenvalue weighted by atomic mass is 10.0. The van der Waals surface area contributed by atoms with Crippen LogP contribution in [0.25, 0.3) is 22.1 Å². The zero-order valence-electron chi connectivity index (χ0n) is 16.4. The number of anilines is 2. The molecule has 1 aromatic carbocycles. The number of nitrogens with one attached hydrogen (secondary N) is 3. The van der Waals surface area contributed by atoms with Gasteiger partial charge in [-0.1, -0.05) is 23.7 Å². The van der Waals surface area contributed by atoms with Crippen molar-refractivity contribution in [2.75, 3.05) is 17.2 Å². The summed E-state index contributed by atoms with van der Waals surface area (Å²) in [5.74, 6) is 1.28. The number of aliphatic hydroxyl groups is 1. The SMILES string of the molecule is C[C@H](Nc1ncnc2[nH]cnc12)c1cc2cccc(Cl)c2nc1NCC(C)(C)O. The maximum absolute atomic E-state index is 10.1. The number of benzene rings is 1. The molecular weight excluding hydrogens is 390 g/mol. The summed E-state index contributed by atoms with van der Waals surface area (Å²) < 4.78 is 0. The molecule has 4 rings (SSSR count). The van der Waals surface area contributed by atoms with Gasteiger partial charge in [0.25, 0.3) is 0 Å². The lowest BCUT2D eigenvalue weighted by Crippen LogP contribution is -2.30. The van der Waals surface area contributed by atoms with Crippen molar-refractivity contribution >= 4 is 45.3 Å². The van der Waals surface area contributed by atoms with E-state index in [-0.39, 0.29) is 6.04 Å². The molecular formula is C20H22ClN7O. The first-order valence-corrected chi connectivity index (χ1v) is 9.66. The first-order valence-electron chi connectivity index (χ1n) is 9.28. The molecule has 0 saturated carbocycles. The van der Waals surface area contributed by atoms with Crippen molar-refractivity contribution in [3.8, 4) is 0 Å². The average molecular weight is 412 g/mol. The van der Waals surface area contributed by atoms with Gasteiger partial charge < -0.3 is 20.7 Å². The van der Waals surface area contributed by atoms with E-state index in [2.05, 4.69) is 30.6 Å². The molecule has 0 spiro atoms. The topological polar surface area (TPSA) is 112 Å². The van der Waals surface area contributed by atoms with Crippen molar-refractivity contribution in [2.45, 2.75) is 32.4 Å². The van der Waals surface area contributed by atoms with E-state index in [0.717, 1.165) is 10.9 Å². The number of hydrogen-bond acceptors (Lipinski definition) is 7.